The van der Waals surface area contributed by atoms with E-state index < -0.39 is 205 Å². The van der Waals surface area contributed by atoms with Gasteiger partial charge < -0.3 is 122 Å². The number of halogens is 2. The molecule has 0 unspecified atom stereocenters. The average molecular weight is 1670 g/mol. The number of fused-ring (bicyclic) bond motifs is 14. The highest BCUT2D eigenvalue weighted by Gasteiger charge is 2.51. The molecule has 0 spiro atoms. The van der Waals surface area contributed by atoms with Crippen molar-refractivity contribution < 1.29 is 112 Å². The summed E-state index contributed by atoms with van der Waals surface area (Å²) in [5.41, 5.74) is -1.97. The van der Waals surface area contributed by atoms with Crippen molar-refractivity contribution in [3.8, 4) is 80.1 Å². The van der Waals surface area contributed by atoms with Crippen molar-refractivity contribution >= 4 is 76.4 Å². The van der Waals surface area contributed by atoms with Crippen LogP contribution in [0.4, 0.5) is 0 Å². The number of esters is 1. The Kier molecular flexibility index (Phi) is 27.1. The van der Waals surface area contributed by atoms with Gasteiger partial charge in [-0.05, 0) is 153 Å². The number of aliphatic hydroxyl groups is 3. The van der Waals surface area contributed by atoms with Crippen molar-refractivity contribution in [3.05, 3.63) is 164 Å². The van der Waals surface area contributed by atoms with Gasteiger partial charge in [0, 0.05) is 48.2 Å². The SMILES string of the molecule is CN[C@@H]1C(=O)N[C@@H]2Cc3ccc(cc3)Oc3cc4cc(c3O[C@@H]3O[C@H](C(=O)OC)[C@@H](O)[C@H](O)[C@H]3NC(=O)CCCCCCCCC(C)C)Oc3ccc(cc3Cl)[C@@H](O)[C@@H]3NC(=O)[C@H](NC(=O)[C@@H]4NC(=O)[C@@H](NC2=O)c2cc(cc(O)c2Cl)Oc2cc1ccc2O)c1ccc(O)c(c1)-c1c(O)cc(O)cc1[C@@H](C(=O)NCCCN(C)C)NC3=O. The Hall–Kier alpha value is -11.7. The number of unbranched alkanes of at least 4 members (excludes halogenated alkanes) is 5. The number of amides is 8. The number of carbonyl (C=O) groups excluding carboxylic acids is 9. The second-order valence-electron chi connectivity index (χ2n) is 30.1. The molecule has 7 aliphatic heterocycles. The molecule has 0 aliphatic carbocycles. The zero-order valence-corrected chi connectivity index (χ0v) is 66.5. The lowest BCUT2D eigenvalue weighted by molar-refractivity contribution is -0.242. The minimum absolute atomic E-state index is 0.00534. The van der Waals surface area contributed by atoms with Gasteiger partial charge in [-0.25, -0.2) is 4.79 Å². The minimum atomic E-state index is -2.35. The molecule has 0 radical (unpaired) electrons. The number of nitrogens with one attached hydrogen (secondary N) is 9. The molecule has 7 aromatic rings. The van der Waals surface area contributed by atoms with Crippen LogP contribution in [0.2, 0.25) is 10.0 Å². The number of phenols is 5. The van der Waals surface area contributed by atoms with E-state index in [4.69, 9.17) is 51.6 Å². The monoisotopic (exact) mass is 1670 g/mol. The van der Waals surface area contributed by atoms with Crippen molar-refractivity contribution in [1.29, 1.82) is 0 Å². The van der Waals surface area contributed by atoms with E-state index in [1.165, 1.54) is 61.6 Å². The number of likely N-dealkylation sites (N-methyl/N-ethyl adjacent to an activating group) is 1. The molecule has 13 atom stereocenters. The second-order valence-corrected chi connectivity index (χ2v) is 30.9. The molecule has 118 heavy (non-hydrogen) atoms. The van der Waals surface area contributed by atoms with Crippen molar-refractivity contribution in [2.75, 3.05) is 41.3 Å². The first-order chi connectivity index (χ1) is 56.4. The van der Waals surface area contributed by atoms with Gasteiger partial charge in [0.1, 0.15) is 107 Å². The van der Waals surface area contributed by atoms with Crippen LogP contribution >= 0.6 is 23.2 Å². The van der Waals surface area contributed by atoms with E-state index >= 15 is 24.0 Å². The maximum Gasteiger partial charge on any atom is 0.337 e. The van der Waals surface area contributed by atoms with Crippen LogP contribution in [-0.2, 0) is 59.0 Å². The number of hydrogen-bond donors (Lipinski definition) is 17. The first kappa shape index (κ1) is 85.7. The standard InChI is InChI=1S/C83H92Cl2N10O23/c1-38(2)14-11-9-7-8-10-12-15-60(101)89-69-71(103)72(104)74(82(112)113-6)118-83(69)117-73-58-32-43-33-59(73)116-56-25-20-42(30-50(56)84)70(102)68-81(111)93-66(76(106)87-26-13-27-95(4)5)48-34-44(96)35-54(99)61(48)47-29-40(18-23-52(47)97)64(78(108)94-68)90-79(109)65(43)91-80(110)67-49-36-46(37-55(100)62(49)85)115-57-31-41(19-24-53(57)98)63(86-3)77(107)88-51(75(105)92-67)28-39-16-21-45(114-58)22-17-39/h16-25,29-38,51,63-72,74,83,86,96-100,102-104H,7-15,26-28H2,1-6H3,(H,87,106)(H,88,107)(H,89,101)(H,90,109)(H,91,110)(H,92,105)(H,93,111)(H,94,108)/t51-,63+,64-,65-,66+,67+,68+,69-,70-,71-,72+,74+,83-/m1/s1. The predicted molar refractivity (Wildman–Crippen MR) is 424 cm³/mol. The van der Waals surface area contributed by atoms with Gasteiger partial charge in [0.05, 0.1) is 17.2 Å². The van der Waals surface area contributed by atoms with Crippen LogP contribution in [0.25, 0.3) is 11.1 Å². The molecule has 0 saturated carbocycles. The zero-order chi connectivity index (χ0) is 84.7. The summed E-state index contributed by atoms with van der Waals surface area (Å²) in [4.78, 5) is 139. The van der Waals surface area contributed by atoms with Crippen LogP contribution in [0, 0.1) is 5.92 Å². The largest absolute Gasteiger partial charge is 0.508 e. The summed E-state index contributed by atoms with van der Waals surface area (Å²) < 4.78 is 37.8. The highest BCUT2D eigenvalue weighted by Crippen LogP contribution is 2.50. The molecule has 33 nitrogen and oxygen atoms in total. The van der Waals surface area contributed by atoms with Crippen LogP contribution in [-0.4, -0.2) is 183 Å². The molecule has 0 aromatic heterocycles. The fourth-order valence-corrected chi connectivity index (χ4v) is 15.1. The molecule has 17 bridgehead atoms. The smallest absolute Gasteiger partial charge is 0.337 e. The maximum atomic E-state index is 16.6. The molecule has 626 valence electrons. The third-order valence-electron chi connectivity index (χ3n) is 20.9. The van der Waals surface area contributed by atoms with E-state index in [1.807, 2.05) is 4.90 Å². The van der Waals surface area contributed by atoms with Crippen LogP contribution in [0.15, 0.2) is 115 Å². The Bertz CT molecular complexity index is 5000. The number of methoxy groups -OCH3 is 1. The summed E-state index contributed by atoms with van der Waals surface area (Å²) in [5.74, 6) is -15.6. The number of rotatable bonds is 19. The summed E-state index contributed by atoms with van der Waals surface area (Å²) in [7, 11) is 6.04. The number of ether oxygens (including phenoxy) is 6. The fourth-order valence-electron chi connectivity index (χ4n) is 14.7. The fraction of sp³-hybridized carbons (Fsp3) is 0.386. The third kappa shape index (κ3) is 19.4. The van der Waals surface area contributed by atoms with E-state index in [9.17, 15) is 60.0 Å². The first-order valence-electron chi connectivity index (χ1n) is 38.4. The zero-order valence-electron chi connectivity index (χ0n) is 64.9. The quantitative estimate of drug-likeness (QED) is 0.0293. The van der Waals surface area contributed by atoms with E-state index in [0.29, 0.717) is 37.3 Å². The minimum Gasteiger partial charge on any atom is -0.508 e. The van der Waals surface area contributed by atoms with Crippen molar-refractivity contribution in [2.24, 2.45) is 5.92 Å². The van der Waals surface area contributed by atoms with Crippen LogP contribution in [0.3, 0.4) is 0 Å². The normalized spacial score (nSPS) is 23.1. The highest BCUT2D eigenvalue weighted by atomic mass is 35.5. The lowest BCUT2D eigenvalue weighted by Crippen LogP contribution is -2.66. The molecule has 14 rings (SSSR count). The number of aromatic hydroxyl groups is 5. The molecule has 8 amide bonds. The van der Waals surface area contributed by atoms with Gasteiger partial charge in [-0.15, -0.1) is 0 Å². The van der Waals surface area contributed by atoms with E-state index in [1.54, 1.807) is 14.1 Å². The molecule has 7 aliphatic rings. The molecule has 35 heteroatoms. The summed E-state index contributed by atoms with van der Waals surface area (Å²) in [6, 6.07) is 7.29. The molecular weight excluding hydrogens is 1580 g/mol. The van der Waals surface area contributed by atoms with Gasteiger partial charge in [0.15, 0.2) is 29.1 Å². The van der Waals surface area contributed by atoms with Crippen molar-refractivity contribution in [1.82, 2.24) is 52.8 Å². The van der Waals surface area contributed by atoms with E-state index in [-0.39, 0.29) is 70.2 Å². The first-order valence-corrected chi connectivity index (χ1v) is 39.1. The summed E-state index contributed by atoms with van der Waals surface area (Å²) in [6.07, 6.45) is -4.66. The van der Waals surface area contributed by atoms with Gasteiger partial charge in [-0.3, -0.25) is 38.4 Å². The summed E-state index contributed by atoms with van der Waals surface area (Å²) in [5, 5.41) is 118. The Morgan fingerprint density at radius 3 is 1.93 bits per heavy atom. The molecule has 7 aromatic carbocycles. The van der Waals surface area contributed by atoms with Crippen LogP contribution in [0.5, 0.6) is 69.0 Å². The Balaban J connectivity index is 1.09. The highest BCUT2D eigenvalue weighted by molar-refractivity contribution is 6.33. The number of benzene rings is 7. The molecule has 1 saturated heterocycles. The van der Waals surface area contributed by atoms with Gasteiger partial charge in [0.25, 0.3) is 0 Å². The average Bonchev–Trinajstić information content (AvgIpc) is 0.774. The van der Waals surface area contributed by atoms with Gasteiger partial charge >= 0.3 is 5.97 Å². The van der Waals surface area contributed by atoms with Gasteiger partial charge in [0.2, 0.25) is 59.3 Å². The topological polar surface area (TPSA) is 482 Å². The van der Waals surface area contributed by atoms with Crippen molar-refractivity contribution in [3.63, 3.8) is 0 Å². The van der Waals surface area contributed by atoms with Gasteiger partial charge in [-0.2, -0.15) is 0 Å². The lowest BCUT2D eigenvalue weighted by Gasteiger charge is -2.41. The van der Waals surface area contributed by atoms with Crippen LogP contribution in [0.1, 0.15) is 147 Å². The summed E-state index contributed by atoms with van der Waals surface area (Å²) in [6.45, 7) is 4.79. The van der Waals surface area contributed by atoms with Crippen LogP contribution < -0.4 is 66.8 Å². The predicted octanol–water partition coefficient (Wildman–Crippen LogP) is 6.78. The molecule has 17 N–H and O–H groups in total. The molecular formula is C83H92Cl2N10O23. The Morgan fingerprint density at radius 2 is 1.23 bits per heavy atom. The van der Waals surface area contributed by atoms with E-state index in [0.717, 1.165) is 99.9 Å². The number of phenolic OH excluding ortho intramolecular Hbond substituents is 5. The van der Waals surface area contributed by atoms with Gasteiger partial charge in [-0.1, -0.05) is 106 Å². The second kappa shape index (κ2) is 37.3. The lowest BCUT2D eigenvalue weighted by atomic mass is 9.89. The van der Waals surface area contributed by atoms with Crippen molar-refractivity contribution in [2.45, 2.75) is 157 Å². The number of carbonyl (C=O) groups is 9. The molecule has 7 heterocycles. The number of nitrogens with zero attached hydrogens (tertiary/aromatic N) is 1. The molecule has 1 fully saturated rings. The third-order valence-corrected chi connectivity index (χ3v) is 21.6. The van der Waals surface area contributed by atoms with E-state index in [2.05, 4.69) is 61.7 Å². The number of aliphatic hydroxyl groups excluding tert-OH is 3. The number of hydrogen-bond acceptors (Lipinski definition) is 25. The summed E-state index contributed by atoms with van der Waals surface area (Å²) >= 11 is 14.3. The maximum absolute atomic E-state index is 16.6. The Labute approximate surface area is 687 Å². The Morgan fingerprint density at radius 1 is 0.585 bits per heavy atom.